The highest BCUT2D eigenvalue weighted by Gasteiger charge is 2.18. The topological polar surface area (TPSA) is 67.3 Å². The minimum atomic E-state index is -0.620. The Kier molecular flexibility index (Phi) is 5.67. The van der Waals surface area contributed by atoms with Gasteiger partial charge < -0.3 is 9.84 Å². The lowest BCUT2D eigenvalue weighted by atomic mass is 10.3. The van der Waals surface area contributed by atoms with Crippen LogP contribution in [0, 0.1) is 0 Å². The molecule has 0 aliphatic heterocycles. The average Bonchev–Trinajstić information content (AvgIpc) is 2.27. The molecule has 0 fully saturated rings. The lowest BCUT2D eigenvalue weighted by Gasteiger charge is -2.24. The van der Waals surface area contributed by atoms with Gasteiger partial charge in [-0.3, -0.25) is 5.32 Å². The van der Waals surface area contributed by atoms with Crippen molar-refractivity contribution in [3.63, 3.8) is 0 Å². The Morgan fingerprint density at radius 3 is 2.65 bits per heavy atom. The standard InChI is InChI=1S/C11H19N3O2S/c1-7(2)13-10(8(3)15)16-9-5-6-12-11(14-9)17-4/h5-8,10,13,15H,1-4H3. The van der Waals surface area contributed by atoms with Crippen LogP contribution in [-0.2, 0) is 0 Å². The molecule has 6 heteroatoms. The largest absolute Gasteiger partial charge is 0.456 e. The predicted octanol–water partition coefficient (Wildman–Crippen LogP) is 1.28. The second-order valence-corrected chi connectivity index (χ2v) is 4.76. The van der Waals surface area contributed by atoms with Gasteiger partial charge in [-0.2, -0.15) is 4.98 Å². The number of thioether (sulfide) groups is 1. The van der Waals surface area contributed by atoms with Gasteiger partial charge in [-0.1, -0.05) is 11.8 Å². The monoisotopic (exact) mass is 257 g/mol. The summed E-state index contributed by atoms with van der Waals surface area (Å²) in [6, 6.07) is 1.90. The van der Waals surface area contributed by atoms with Gasteiger partial charge in [-0.05, 0) is 27.0 Å². The highest BCUT2D eigenvalue weighted by Crippen LogP contribution is 2.14. The van der Waals surface area contributed by atoms with Crippen molar-refractivity contribution in [3.8, 4) is 5.88 Å². The van der Waals surface area contributed by atoms with E-state index in [1.54, 1.807) is 19.2 Å². The van der Waals surface area contributed by atoms with Gasteiger partial charge in [0, 0.05) is 18.3 Å². The van der Waals surface area contributed by atoms with E-state index in [1.165, 1.54) is 11.8 Å². The number of aliphatic hydroxyl groups is 1. The van der Waals surface area contributed by atoms with Crippen LogP contribution in [0.25, 0.3) is 0 Å². The summed E-state index contributed by atoms with van der Waals surface area (Å²) >= 11 is 1.45. The Morgan fingerprint density at radius 2 is 2.12 bits per heavy atom. The fraction of sp³-hybridized carbons (Fsp3) is 0.636. The first-order valence-electron chi connectivity index (χ1n) is 5.50. The molecule has 0 saturated carbocycles. The zero-order valence-electron chi connectivity index (χ0n) is 10.5. The average molecular weight is 257 g/mol. The fourth-order valence-corrected chi connectivity index (χ4v) is 1.57. The molecule has 1 aromatic rings. The highest BCUT2D eigenvalue weighted by molar-refractivity contribution is 7.98. The number of nitrogens with zero attached hydrogens (tertiary/aromatic N) is 2. The lowest BCUT2D eigenvalue weighted by Crippen LogP contribution is -2.46. The number of rotatable bonds is 6. The second kappa shape index (κ2) is 6.78. The van der Waals surface area contributed by atoms with Gasteiger partial charge in [-0.25, -0.2) is 4.98 Å². The Balaban J connectivity index is 2.71. The molecule has 0 radical (unpaired) electrons. The van der Waals surface area contributed by atoms with E-state index >= 15 is 0 Å². The third-order valence-electron chi connectivity index (χ3n) is 1.97. The van der Waals surface area contributed by atoms with Gasteiger partial charge in [-0.15, -0.1) is 0 Å². The van der Waals surface area contributed by atoms with E-state index in [-0.39, 0.29) is 6.04 Å². The van der Waals surface area contributed by atoms with Crippen LogP contribution in [0.15, 0.2) is 17.4 Å². The summed E-state index contributed by atoms with van der Waals surface area (Å²) in [5.41, 5.74) is 0. The molecule has 0 bridgehead atoms. The summed E-state index contributed by atoms with van der Waals surface area (Å²) in [5, 5.41) is 13.4. The summed E-state index contributed by atoms with van der Waals surface area (Å²) in [6.07, 6.45) is 2.45. The first kappa shape index (κ1) is 14.2. The molecule has 0 aromatic carbocycles. The molecule has 1 aromatic heterocycles. The van der Waals surface area contributed by atoms with Crippen molar-refractivity contribution in [3.05, 3.63) is 12.3 Å². The van der Waals surface area contributed by atoms with E-state index < -0.39 is 12.3 Å². The number of hydrogen-bond donors (Lipinski definition) is 2. The Hall–Kier alpha value is -0.850. The van der Waals surface area contributed by atoms with Crippen molar-refractivity contribution in [2.45, 2.75) is 44.3 Å². The fourth-order valence-electron chi connectivity index (χ4n) is 1.22. The molecule has 2 unspecified atom stereocenters. The summed E-state index contributed by atoms with van der Waals surface area (Å²) in [7, 11) is 0. The Morgan fingerprint density at radius 1 is 1.41 bits per heavy atom. The smallest absolute Gasteiger partial charge is 0.218 e. The summed E-state index contributed by atoms with van der Waals surface area (Å²) in [6.45, 7) is 5.66. The van der Waals surface area contributed by atoms with Crippen LogP contribution in [0.3, 0.4) is 0 Å². The summed E-state index contributed by atoms with van der Waals surface area (Å²) < 4.78 is 5.60. The minimum Gasteiger partial charge on any atom is -0.456 e. The van der Waals surface area contributed by atoms with Crippen LogP contribution in [0.5, 0.6) is 5.88 Å². The number of ether oxygens (including phenoxy) is 1. The lowest BCUT2D eigenvalue weighted by molar-refractivity contribution is 0.0185. The normalized spacial score (nSPS) is 14.7. The van der Waals surface area contributed by atoms with Crippen LogP contribution >= 0.6 is 11.8 Å². The second-order valence-electron chi connectivity index (χ2n) is 3.98. The van der Waals surface area contributed by atoms with E-state index in [0.29, 0.717) is 11.0 Å². The molecule has 0 aliphatic carbocycles. The molecule has 2 atom stereocenters. The van der Waals surface area contributed by atoms with E-state index in [1.807, 2.05) is 20.1 Å². The highest BCUT2D eigenvalue weighted by atomic mass is 32.2. The van der Waals surface area contributed by atoms with E-state index in [4.69, 9.17) is 4.74 Å². The maximum absolute atomic E-state index is 9.61. The van der Waals surface area contributed by atoms with Crippen LogP contribution in [0.1, 0.15) is 20.8 Å². The molecule has 5 nitrogen and oxygen atoms in total. The third kappa shape index (κ3) is 4.89. The van der Waals surface area contributed by atoms with Gasteiger partial charge in [0.1, 0.15) is 6.10 Å². The van der Waals surface area contributed by atoms with Crippen molar-refractivity contribution in [2.75, 3.05) is 6.26 Å². The van der Waals surface area contributed by atoms with Crippen molar-refractivity contribution in [1.82, 2.24) is 15.3 Å². The molecule has 1 heterocycles. The van der Waals surface area contributed by atoms with E-state index in [2.05, 4.69) is 15.3 Å². The molecule has 0 aliphatic rings. The van der Waals surface area contributed by atoms with Crippen LogP contribution in [0.2, 0.25) is 0 Å². The first-order valence-corrected chi connectivity index (χ1v) is 6.73. The predicted molar refractivity (Wildman–Crippen MR) is 68.2 cm³/mol. The SMILES string of the molecule is CSc1nccc(OC(NC(C)C)C(C)O)n1. The summed E-state index contributed by atoms with van der Waals surface area (Å²) in [4.78, 5) is 8.26. The number of aliphatic hydroxyl groups excluding tert-OH is 1. The van der Waals surface area contributed by atoms with Gasteiger partial charge in [0.25, 0.3) is 0 Å². The van der Waals surface area contributed by atoms with Gasteiger partial charge in [0.05, 0.1) is 0 Å². The van der Waals surface area contributed by atoms with E-state index in [9.17, 15) is 5.11 Å². The zero-order chi connectivity index (χ0) is 12.8. The molecule has 0 spiro atoms. The zero-order valence-corrected chi connectivity index (χ0v) is 11.4. The van der Waals surface area contributed by atoms with Crippen molar-refractivity contribution in [1.29, 1.82) is 0 Å². The molecule has 0 saturated heterocycles. The molecule has 17 heavy (non-hydrogen) atoms. The van der Waals surface area contributed by atoms with Gasteiger partial charge >= 0.3 is 0 Å². The van der Waals surface area contributed by atoms with Crippen LogP contribution in [-0.4, -0.2) is 39.7 Å². The quantitative estimate of drug-likeness (QED) is 0.454. The molecular formula is C11H19N3O2S. The van der Waals surface area contributed by atoms with Gasteiger partial charge in [0.15, 0.2) is 11.4 Å². The Bertz CT molecular complexity index is 347. The summed E-state index contributed by atoms with van der Waals surface area (Å²) in [5.74, 6) is 0.461. The number of aromatic nitrogens is 2. The van der Waals surface area contributed by atoms with Crippen molar-refractivity contribution >= 4 is 11.8 Å². The maximum atomic E-state index is 9.61. The van der Waals surface area contributed by atoms with Crippen LogP contribution < -0.4 is 10.1 Å². The first-order chi connectivity index (χ1) is 8.02. The molecular weight excluding hydrogens is 238 g/mol. The van der Waals surface area contributed by atoms with E-state index in [0.717, 1.165) is 0 Å². The van der Waals surface area contributed by atoms with Crippen molar-refractivity contribution < 1.29 is 9.84 Å². The molecule has 1 rings (SSSR count). The van der Waals surface area contributed by atoms with Crippen LogP contribution in [0.4, 0.5) is 0 Å². The number of hydrogen-bond acceptors (Lipinski definition) is 6. The molecule has 0 amide bonds. The minimum absolute atomic E-state index is 0.219. The number of nitrogens with one attached hydrogen (secondary N) is 1. The third-order valence-corrected chi connectivity index (χ3v) is 2.54. The molecule has 96 valence electrons. The van der Waals surface area contributed by atoms with Crippen molar-refractivity contribution in [2.24, 2.45) is 0 Å². The Labute approximate surface area is 106 Å². The maximum Gasteiger partial charge on any atom is 0.218 e. The van der Waals surface area contributed by atoms with Gasteiger partial charge in [0.2, 0.25) is 5.88 Å². The molecule has 2 N–H and O–H groups in total.